The van der Waals surface area contributed by atoms with E-state index in [2.05, 4.69) is 10.6 Å². The maximum atomic E-state index is 11.9. The highest BCUT2D eigenvalue weighted by atomic mass is 35.5. The van der Waals surface area contributed by atoms with Gasteiger partial charge in [0.25, 0.3) is 0 Å². The first kappa shape index (κ1) is 18.4. The van der Waals surface area contributed by atoms with E-state index in [1.807, 2.05) is 19.1 Å². The third-order valence-electron chi connectivity index (χ3n) is 3.41. The van der Waals surface area contributed by atoms with Crippen molar-refractivity contribution in [2.45, 2.75) is 17.9 Å². The summed E-state index contributed by atoms with van der Waals surface area (Å²) in [5.41, 5.74) is 1.51. The van der Waals surface area contributed by atoms with E-state index in [4.69, 9.17) is 16.7 Å². The summed E-state index contributed by atoms with van der Waals surface area (Å²) in [4.78, 5) is 11.9. The van der Waals surface area contributed by atoms with Crippen LogP contribution in [0.25, 0.3) is 0 Å². The third kappa shape index (κ3) is 5.31. The molecule has 0 aromatic heterocycles. The molecule has 2 aromatic carbocycles. The van der Waals surface area contributed by atoms with Crippen molar-refractivity contribution in [1.29, 1.82) is 0 Å². The standard InChI is InChI=1S/C16H18ClN3O3S/c1-11(12-2-4-13(17)5-3-12)19-10-16(21)20-14-6-8-15(9-7-14)24(18,22)23/h2-9,11,19H,10H2,1H3,(H,20,21)(H2,18,22,23). The maximum Gasteiger partial charge on any atom is 0.238 e. The third-order valence-corrected chi connectivity index (χ3v) is 4.59. The molecule has 2 aromatic rings. The largest absolute Gasteiger partial charge is 0.325 e. The molecular formula is C16H18ClN3O3S. The Hall–Kier alpha value is -1.93. The van der Waals surface area contributed by atoms with Crippen LogP contribution in [0.15, 0.2) is 53.4 Å². The number of hydrogen-bond donors (Lipinski definition) is 3. The number of nitrogens with one attached hydrogen (secondary N) is 2. The van der Waals surface area contributed by atoms with Gasteiger partial charge in [0.15, 0.2) is 0 Å². The summed E-state index contributed by atoms with van der Waals surface area (Å²) in [6.07, 6.45) is 0. The van der Waals surface area contributed by atoms with Crippen molar-refractivity contribution in [3.63, 3.8) is 0 Å². The fraction of sp³-hybridized carbons (Fsp3) is 0.188. The summed E-state index contributed by atoms with van der Waals surface area (Å²) < 4.78 is 22.3. The van der Waals surface area contributed by atoms with Crippen LogP contribution in [0.1, 0.15) is 18.5 Å². The number of anilines is 1. The van der Waals surface area contributed by atoms with E-state index in [0.29, 0.717) is 10.7 Å². The van der Waals surface area contributed by atoms with Gasteiger partial charge >= 0.3 is 0 Å². The number of rotatable bonds is 6. The second-order valence-corrected chi connectivity index (χ2v) is 7.27. The summed E-state index contributed by atoms with van der Waals surface area (Å²) in [7, 11) is -3.74. The van der Waals surface area contributed by atoms with E-state index < -0.39 is 10.0 Å². The Labute approximate surface area is 146 Å². The average molecular weight is 368 g/mol. The lowest BCUT2D eigenvalue weighted by Gasteiger charge is -2.14. The Morgan fingerprint density at radius 3 is 2.25 bits per heavy atom. The van der Waals surface area contributed by atoms with E-state index in [-0.39, 0.29) is 23.4 Å². The molecule has 2 rings (SSSR count). The van der Waals surface area contributed by atoms with E-state index in [1.54, 1.807) is 12.1 Å². The van der Waals surface area contributed by atoms with Gasteiger partial charge in [0.2, 0.25) is 15.9 Å². The molecule has 128 valence electrons. The smallest absolute Gasteiger partial charge is 0.238 e. The lowest BCUT2D eigenvalue weighted by Crippen LogP contribution is -2.30. The van der Waals surface area contributed by atoms with Crippen molar-refractivity contribution in [3.05, 3.63) is 59.1 Å². The van der Waals surface area contributed by atoms with Gasteiger partial charge in [-0.2, -0.15) is 0 Å². The highest BCUT2D eigenvalue weighted by Gasteiger charge is 2.10. The van der Waals surface area contributed by atoms with Crippen molar-refractivity contribution in [3.8, 4) is 0 Å². The lowest BCUT2D eigenvalue weighted by atomic mass is 10.1. The van der Waals surface area contributed by atoms with Crippen molar-refractivity contribution in [2.24, 2.45) is 5.14 Å². The molecule has 0 fully saturated rings. The monoisotopic (exact) mass is 367 g/mol. The van der Waals surface area contributed by atoms with Crippen LogP contribution in [0.5, 0.6) is 0 Å². The normalized spacial score (nSPS) is 12.6. The molecule has 0 bridgehead atoms. The fourth-order valence-electron chi connectivity index (χ4n) is 2.05. The SMILES string of the molecule is CC(NCC(=O)Nc1ccc(S(N)(=O)=O)cc1)c1ccc(Cl)cc1. The molecule has 1 amide bonds. The predicted molar refractivity (Wildman–Crippen MR) is 94.3 cm³/mol. The lowest BCUT2D eigenvalue weighted by molar-refractivity contribution is -0.115. The number of nitrogens with two attached hydrogens (primary N) is 1. The maximum absolute atomic E-state index is 11.9. The molecule has 8 heteroatoms. The van der Waals surface area contributed by atoms with Crippen LogP contribution in [0.2, 0.25) is 5.02 Å². The molecule has 0 aliphatic rings. The molecule has 0 aliphatic heterocycles. The van der Waals surface area contributed by atoms with Crippen LogP contribution >= 0.6 is 11.6 Å². The first-order valence-electron chi connectivity index (χ1n) is 7.17. The minimum Gasteiger partial charge on any atom is -0.325 e. The van der Waals surface area contributed by atoms with Crippen molar-refractivity contribution in [2.75, 3.05) is 11.9 Å². The summed E-state index contributed by atoms with van der Waals surface area (Å²) in [5.74, 6) is -0.237. The second-order valence-electron chi connectivity index (χ2n) is 5.27. The molecule has 24 heavy (non-hydrogen) atoms. The Kier molecular flexibility index (Phi) is 5.95. The van der Waals surface area contributed by atoms with Gasteiger partial charge in [-0.15, -0.1) is 0 Å². The van der Waals surface area contributed by atoms with Gasteiger partial charge in [-0.05, 0) is 48.9 Å². The van der Waals surface area contributed by atoms with Gasteiger partial charge in [0.1, 0.15) is 0 Å². The van der Waals surface area contributed by atoms with Gasteiger partial charge in [0, 0.05) is 16.8 Å². The van der Waals surface area contributed by atoms with E-state index >= 15 is 0 Å². The zero-order valence-electron chi connectivity index (χ0n) is 13.0. The molecule has 0 saturated carbocycles. The molecule has 1 unspecified atom stereocenters. The summed E-state index contributed by atoms with van der Waals surface area (Å²) in [6, 6.07) is 13.0. The number of primary sulfonamides is 1. The number of carbonyl (C=O) groups excluding carboxylic acids is 1. The van der Waals surface area contributed by atoms with Gasteiger partial charge in [0.05, 0.1) is 11.4 Å². The fourth-order valence-corrected chi connectivity index (χ4v) is 2.69. The topological polar surface area (TPSA) is 101 Å². The highest BCUT2D eigenvalue weighted by molar-refractivity contribution is 7.89. The summed E-state index contributed by atoms with van der Waals surface area (Å²) in [5, 5.41) is 11.5. The first-order valence-corrected chi connectivity index (χ1v) is 9.10. The van der Waals surface area contributed by atoms with Crippen LogP contribution in [0.4, 0.5) is 5.69 Å². The molecule has 0 radical (unpaired) electrons. The Balaban J connectivity index is 1.88. The van der Waals surface area contributed by atoms with Crippen molar-refractivity contribution < 1.29 is 13.2 Å². The predicted octanol–water partition coefficient (Wildman–Crippen LogP) is 2.28. The van der Waals surface area contributed by atoms with Gasteiger partial charge in [-0.25, -0.2) is 13.6 Å². The molecule has 0 heterocycles. The van der Waals surface area contributed by atoms with Crippen LogP contribution < -0.4 is 15.8 Å². The number of hydrogen-bond acceptors (Lipinski definition) is 4. The Morgan fingerprint density at radius 2 is 1.71 bits per heavy atom. The second kappa shape index (κ2) is 7.76. The van der Waals surface area contributed by atoms with E-state index in [9.17, 15) is 13.2 Å². The van der Waals surface area contributed by atoms with Gasteiger partial charge < -0.3 is 10.6 Å². The zero-order chi connectivity index (χ0) is 17.7. The van der Waals surface area contributed by atoms with Crippen LogP contribution in [-0.2, 0) is 14.8 Å². The Bertz CT molecular complexity index is 805. The zero-order valence-corrected chi connectivity index (χ0v) is 14.6. The number of sulfonamides is 1. The van der Waals surface area contributed by atoms with Gasteiger partial charge in [-0.1, -0.05) is 23.7 Å². The van der Waals surface area contributed by atoms with Crippen LogP contribution in [0.3, 0.4) is 0 Å². The van der Waals surface area contributed by atoms with Gasteiger partial charge in [-0.3, -0.25) is 4.79 Å². The quantitative estimate of drug-likeness (QED) is 0.728. The van der Waals surface area contributed by atoms with Crippen LogP contribution in [-0.4, -0.2) is 20.9 Å². The highest BCUT2D eigenvalue weighted by Crippen LogP contribution is 2.16. The van der Waals surface area contributed by atoms with Crippen LogP contribution in [0, 0.1) is 0 Å². The molecule has 0 spiro atoms. The average Bonchev–Trinajstić information content (AvgIpc) is 2.53. The Morgan fingerprint density at radius 1 is 1.12 bits per heavy atom. The number of halogens is 1. The first-order chi connectivity index (χ1) is 11.3. The molecular weight excluding hydrogens is 350 g/mol. The molecule has 4 N–H and O–H groups in total. The van der Waals surface area contributed by atoms with Crippen molar-refractivity contribution in [1.82, 2.24) is 5.32 Å². The van der Waals surface area contributed by atoms with E-state index in [0.717, 1.165) is 5.56 Å². The molecule has 6 nitrogen and oxygen atoms in total. The number of amides is 1. The minimum atomic E-state index is -3.74. The summed E-state index contributed by atoms with van der Waals surface area (Å²) in [6.45, 7) is 2.05. The van der Waals surface area contributed by atoms with E-state index in [1.165, 1.54) is 24.3 Å². The minimum absolute atomic E-state index is 0.00464. The number of benzene rings is 2. The summed E-state index contributed by atoms with van der Waals surface area (Å²) >= 11 is 5.84. The van der Waals surface area contributed by atoms with Crippen molar-refractivity contribution >= 4 is 33.2 Å². The molecule has 0 aliphatic carbocycles. The molecule has 1 atom stereocenters. The number of carbonyl (C=O) groups is 1. The molecule has 0 saturated heterocycles.